The van der Waals surface area contributed by atoms with Crippen molar-refractivity contribution in [1.29, 1.82) is 0 Å². The van der Waals surface area contributed by atoms with Crippen molar-refractivity contribution in [1.82, 2.24) is 4.98 Å². The van der Waals surface area contributed by atoms with Gasteiger partial charge in [-0.25, -0.2) is 9.37 Å². The first kappa shape index (κ1) is 19.2. The van der Waals surface area contributed by atoms with Gasteiger partial charge in [-0.2, -0.15) is 0 Å². The second-order valence-corrected chi connectivity index (χ2v) is 7.51. The molecule has 6 heteroatoms. The average molecular weight is 393 g/mol. The minimum absolute atomic E-state index is 0.149. The zero-order valence-electron chi connectivity index (χ0n) is 16.4. The lowest BCUT2D eigenvalue weighted by Gasteiger charge is -2.31. The van der Waals surface area contributed by atoms with Crippen molar-refractivity contribution >= 4 is 28.3 Å². The van der Waals surface area contributed by atoms with E-state index in [-0.39, 0.29) is 18.3 Å². The Morgan fingerprint density at radius 3 is 2.66 bits per heavy atom. The third kappa shape index (κ3) is 4.65. The van der Waals surface area contributed by atoms with Crippen molar-refractivity contribution in [3.05, 3.63) is 60.4 Å². The second-order valence-electron chi connectivity index (χ2n) is 7.51. The fourth-order valence-corrected chi connectivity index (χ4v) is 3.51. The number of anilines is 2. The Balaban J connectivity index is 1.47. The minimum atomic E-state index is -0.347. The first-order valence-electron chi connectivity index (χ1n) is 9.91. The van der Waals surface area contributed by atoms with Crippen LogP contribution in [0, 0.1) is 11.7 Å². The van der Waals surface area contributed by atoms with Gasteiger partial charge in [0, 0.05) is 24.2 Å². The van der Waals surface area contributed by atoms with Crippen LogP contribution in [0.3, 0.4) is 0 Å². The van der Waals surface area contributed by atoms with Gasteiger partial charge in [0.2, 0.25) is 0 Å². The molecule has 1 amide bonds. The molecule has 150 valence electrons. The van der Waals surface area contributed by atoms with Gasteiger partial charge in [-0.1, -0.05) is 19.1 Å². The van der Waals surface area contributed by atoms with E-state index in [1.54, 1.807) is 0 Å². The van der Waals surface area contributed by atoms with Crippen molar-refractivity contribution in [2.45, 2.75) is 19.8 Å². The number of piperidine rings is 1. The van der Waals surface area contributed by atoms with E-state index in [1.807, 2.05) is 30.3 Å². The molecule has 1 saturated heterocycles. The maximum atomic E-state index is 13.0. The number of benzene rings is 2. The highest BCUT2D eigenvalue weighted by Gasteiger charge is 2.18. The molecule has 0 radical (unpaired) electrons. The van der Waals surface area contributed by atoms with Crippen LogP contribution in [-0.4, -0.2) is 30.6 Å². The third-order valence-electron chi connectivity index (χ3n) is 5.26. The lowest BCUT2D eigenvalue weighted by molar-refractivity contribution is -0.118. The number of para-hydroxylation sites is 1. The highest BCUT2D eigenvalue weighted by molar-refractivity contribution is 5.92. The van der Waals surface area contributed by atoms with E-state index in [1.165, 1.54) is 37.1 Å². The molecule has 1 fully saturated rings. The molecule has 0 bridgehead atoms. The fourth-order valence-electron chi connectivity index (χ4n) is 3.51. The minimum Gasteiger partial charge on any atom is -0.481 e. The molecule has 1 N–H and O–H groups in total. The summed E-state index contributed by atoms with van der Waals surface area (Å²) >= 11 is 0. The Morgan fingerprint density at radius 2 is 1.90 bits per heavy atom. The van der Waals surface area contributed by atoms with Crippen molar-refractivity contribution in [3.63, 3.8) is 0 Å². The molecule has 1 aromatic heterocycles. The number of nitrogens with zero attached hydrogens (tertiary/aromatic N) is 2. The molecule has 1 aliphatic heterocycles. The van der Waals surface area contributed by atoms with Crippen LogP contribution >= 0.6 is 0 Å². The van der Waals surface area contributed by atoms with Crippen molar-refractivity contribution < 1.29 is 13.9 Å². The quantitative estimate of drug-likeness (QED) is 0.687. The van der Waals surface area contributed by atoms with Gasteiger partial charge in [0.15, 0.2) is 6.61 Å². The Hall–Kier alpha value is -3.15. The molecular weight excluding hydrogens is 369 g/mol. The van der Waals surface area contributed by atoms with Crippen LogP contribution in [0.1, 0.15) is 19.8 Å². The summed E-state index contributed by atoms with van der Waals surface area (Å²) in [6, 6.07) is 15.4. The number of carbonyl (C=O) groups is 1. The van der Waals surface area contributed by atoms with Crippen LogP contribution in [0.5, 0.6) is 5.75 Å². The second kappa shape index (κ2) is 8.47. The van der Waals surface area contributed by atoms with E-state index in [0.717, 1.165) is 35.7 Å². The monoisotopic (exact) mass is 393 g/mol. The van der Waals surface area contributed by atoms with E-state index in [2.05, 4.69) is 17.1 Å². The van der Waals surface area contributed by atoms with Crippen LogP contribution in [0.15, 0.2) is 54.6 Å². The van der Waals surface area contributed by atoms with Gasteiger partial charge in [0.1, 0.15) is 22.9 Å². The summed E-state index contributed by atoms with van der Waals surface area (Å²) < 4.78 is 18.7. The smallest absolute Gasteiger partial charge is 0.262 e. The highest BCUT2D eigenvalue weighted by atomic mass is 19.1. The molecule has 0 atom stereocenters. The number of pyridine rings is 1. The Labute approximate surface area is 169 Å². The number of hydrogen-bond acceptors (Lipinski definition) is 4. The normalized spacial score (nSPS) is 14.8. The zero-order valence-corrected chi connectivity index (χ0v) is 16.4. The number of carbonyl (C=O) groups excluding carboxylic acids is 1. The van der Waals surface area contributed by atoms with Crippen LogP contribution < -0.4 is 15.0 Å². The molecule has 4 rings (SSSR count). The Morgan fingerprint density at radius 1 is 1.14 bits per heavy atom. The van der Waals surface area contributed by atoms with Crippen molar-refractivity contribution in [2.75, 3.05) is 29.9 Å². The number of ether oxygens (including phenoxy) is 1. The summed E-state index contributed by atoms with van der Waals surface area (Å²) in [4.78, 5) is 19.3. The van der Waals surface area contributed by atoms with E-state index in [0.29, 0.717) is 11.4 Å². The molecule has 2 heterocycles. The number of fused-ring (bicyclic) bond motifs is 1. The van der Waals surface area contributed by atoms with Gasteiger partial charge in [-0.3, -0.25) is 4.79 Å². The molecule has 0 aliphatic carbocycles. The Kier molecular flexibility index (Phi) is 5.60. The molecule has 0 spiro atoms. The lowest BCUT2D eigenvalue weighted by atomic mass is 9.99. The maximum absolute atomic E-state index is 13.0. The van der Waals surface area contributed by atoms with Gasteiger partial charge in [0.25, 0.3) is 5.91 Å². The zero-order chi connectivity index (χ0) is 20.2. The van der Waals surface area contributed by atoms with E-state index in [9.17, 15) is 9.18 Å². The van der Waals surface area contributed by atoms with Crippen LogP contribution in [0.4, 0.5) is 15.9 Å². The maximum Gasteiger partial charge on any atom is 0.262 e. The SMILES string of the molecule is CC1CCN(c2ccc3cccc(OCC(=O)Nc4ccc(F)cc4)c3n2)CC1. The lowest BCUT2D eigenvalue weighted by Crippen LogP contribution is -2.33. The largest absolute Gasteiger partial charge is 0.481 e. The van der Waals surface area contributed by atoms with Gasteiger partial charge < -0.3 is 15.0 Å². The van der Waals surface area contributed by atoms with Gasteiger partial charge in [-0.05, 0) is 61.2 Å². The summed E-state index contributed by atoms with van der Waals surface area (Å²) in [6.07, 6.45) is 2.34. The van der Waals surface area contributed by atoms with Crippen molar-refractivity contribution in [3.8, 4) is 5.75 Å². The number of aromatic nitrogens is 1. The molecule has 3 aromatic rings. The van der Waals surface area contributed by atoms with Crippen LogP contribution in [-0.2, 0) is 4.79 Å². The van der Waals surface area contributed by atoms with Crippen molar-refractivity contribution in [2.24, 2.45) is 5.92 Å². The summed E-state index contributed by atoms with van der Waals surface area (Å²) in [6.45, 7) is 4.14. The summed E-state index contributed by atoms with van der Waals surface area (Å²) in [5.41, 5.74) is 1.27. The fraction of sp³-hybridized carbons (Fsp3) is 0.304. The highest BCUT2D eigenvalue weighted by Crippen LogP contribution is 2.28. The molecular formula is C23H24FN3O2. The van der Waals surface area contributed by atoms with Gasteiger partial charge in [-0.15, -0.1) is 0 Å². The van der Waals surface area contributed by atoms with Gasteiger partial charge >= 0.3 is 0 Å². The standard InChI is InChI=1S/C23H24FN3O2/c1-16-11-13-27(14-12-16)21-10-5-17-3-2-4-20(23(17)26-21)29-15-22(28)25-19-8-6-18(24)7-9-19/h2-10,16H,11-15H2,1H3,(H,25,28). The number of rotatable bonds is 5. The van der Waals surface area contributed by atoms with Crippen LogP contribution in [0.2, 0.25) is 0 Å². The number of hydrogen-bond donors (Lipinski definition) is 1. The predicted octanol–water partition coefficient (Wildman–Crippen LogP) is 4.63. The summed E-state index contributed by atoms with van der Waals surface area (Å²) in [5.74, 6) is 1.61. The summed E-state index contributed by atoms with van der Waals surface area (Å²) in [7, 11) is 0. The van der Waals surface area contributed by atoms with E-state index < -0.39 is 0 Å². The average Bonchev–Trinajstić information content (AvgIpc) is 2.74. The molecule has 0 unspecified atom stereocenters. The number of amides is 1. The van der Waals surface area contributed by atoms with Gasteiger partial charge in [0.05, 0.1) is 0 Å². The van der Waals surface area contributed by atoms with Crippen LogP contribution in [0.25, 0.3) is 10.9 Å². The third-order valence-corrected chi connectivity index (χ3v) is 5.26. The predicted molar refractivity (Wildman–Crippen MR) is 113 cm³/mol. The molecule has 5 nitrogen and oxygen atoms in total. The molecule has 1 aliphatic rings. The molecule has 29 heavy (non-hydrogen) atoms. The number of halogens is 1. The molecule has 2 aromatic carbocycles. The topological polar surface area (TPSA) is 54.5 Å². The van der Waals surface area contributed by atoms with E-state index >= 15 is 0 Å². The molecule has 0 saturated carbocycles. The number of nitrogens with one attached hydrogen (secondary N) is 1. The first-order valence-corrected chi connectivity index (χ1v) is 9.91. The Bertz CT molecular complexity index is 999. The van der Waals surface area contributed by atoms with E-state index in [4.69, 9.17) is 9.72 Å². The summed E-state index contributed by atoms with van der Waals surface area (Å²) in [5, 5.41) is 3.66. The first-order chi connectivity index (χ1) is 14.1.